The van der Waals surface area contributed by atoms with E-state index in [-0.39, 0.29) is 16.2 Å². The lowest BCUT2D eigenvalue weighted by atomic mass is 9.37. The van der Waals surface area contributed by atoms with E-state index in [0.717, 1.165) is 35.2 Å². The fourth-order valence-electron chi connectivity index (χ4n) is 13.5. The van der Waals surface area contributed by atoms with Crippen molar-refractivity contribution in [1.82, 2.24) is 0 Å². The molecule has 3 bridgehead atoms. The first-order valence-corrected chi connectivity index (χ1v) is 20.8. The van der Waals surface area contributed by atoms with E-state index in [9.17, 15) is 0 Å². The quantitative estimate of drug-likeness (QED) is 0.183. The Hall–Kier alpha value is -4.08. The summed E-state index contributed by atoms with van der Waals surface area (Å²) in [6.07, 6.45) is 9.61. The molecule has 12 rings (SSSR count). The van der Waals surface area contributed by atoms with Crippen LogP contribution in [0.5, 0.6) is 11.5 Å². The minimum absolute atomic E-state index is 0.0768. The number of ether oxygens (including phenoxy) is 1. The van der Waals surface area contributed by atoms with Crippen LogP contribution >= 0.6 is 11.3 Å². The van der Waals surface area contributed by atoms with E-state index in [1.54, 1.807) is 0 Å². The van der Waals surface area contributed by atoms with Crippen molar-refractivity contribution < 1.29 is 4.74 Å². The molecular weight excluding hydrogens is 651 g/mol. The molecule has 1 aromatic heterocycles. The van der Waals surface area contributed by atoms with Crippen molar-refractivity contribution in [2.24, 2.45) is 29.1 Å². The van der Waals surface area contributed by atoms with E-state index >= 15 is 0 Å². The normalized spacial score (nSPS) is 30.8. The van der Waals surface area contributed by atoms with Crippen LogP contribution < -0.4 is 9.64 Å². The van der Waals surface area contributed by atoms with Crippen molar-refractivity contribution >= 4 is 48.6 Å². The number of thiophene rings is 1. The fourth-order valence-corrected chi connectivity index (χ4v) is 14.6. The summed E-state index contributed by atoms with van der Waals surface area (Å²) in [5, 5.41) is 2.67. The highest BCUT2D eigenvalue weighted by Crippen LogP contribution is 2.84. The minimum atomic E-state index is 0.0768. The number of hydrogen-bond acceptors (Lipinski definition) is 3. The zero-order chi connectivity index (χ0) is 34.8. The molecule has 3 heteroatoms. The predicted octanol–water partition coefficient (Wildman–Crippen LogP) is 13.7. The van der Waals surface area contributed by atoms with Crippen molar-refractivity contribution in [2.45, 2.75) is 88.9 Å². The molecule has 0 radical (unpaired) electrons. The number of anilines is 3. The van der Waals surface area contributed by atoms with Gasteiger partial charge in [-0.3, -0.25) is 0 Å². The maximum absolute atomic E-state index is 7.05. The van der Waals surface area contributed by atoms with Crippen LogP contribution in [0.15, 0.2) is 103 Å². The highest BCUT2D eigenvalue weighted by molar-refractivity contribution is 7.25. The number of benzene rings is 5. The number of rotatable bonds is 3. The van der Waals surface area contributed by atoms with E-state index in [2.05, 4.69) is 136 Å². The summed E-state index contributed by atoms with van der Waals surface area (Å²) in [4.78, 5) is 2.52. The average Bonchev–Trinajstić information content (AvgIpc) is 3.72. The first kappa shape index (κ1) is 30.4. The second-order valence-corrected chi connectivity index (χ2v) is 20.0. The fraction of sp³-hybridized carbons (Fsp3) is 0.388. The molecule has 5 aliphatic carbocycles. The smallest absolute Gasteiger partial charge is 0.133 e. The van der Waals surface area contributed by atoms with Gasteiger partial charge in [-0.15, -0.1) is 11.3 Å². The summed E-state index contributed by atoms with van der Waals surface area (Å²) in [7, 11) is 0. The molecule has 4 saturated carbocycles. The Morgan fingerprint density at radius 2 is 1.17 bits per heavy atom. The van der Waals surface area contributed by atoms with Gasteiger partial charge in [0.2, 0.25) is 0 Å². The average molecular weight is 698 g/mol. The molecule has 4 fully saturated rings. The Labute approximate surface area is 311 Å². The van der Waals surface area contributed by atoms with Crippen LogP contribution in [0.25, 0.3) is 20.2 Å². The lowest BCUT2D eigenvalue weighted by Crippen LogP contribution is -2.64. The number of fused-ring (bicyclic) bond motifs is 12. The number of para-hydroxylation sites is 1. The van der Waals surface area contributed by atoms with Gasteiger partial charge in [-0.2, -0.15) is 0 Å². The van der Waals surface area contributed by atoms with Gasteiger partial charge in [-0.1, -0.05) is 76.2 Å². The molecule has 5 aromatic carbocycles. The molecule has 6 aliphatic rings. The third kappa shape index (κ3) is 3.72. The van der Waals surface area contributed by atoms with Crippen LogP contribution in [0.1, 0.15) is 94.9 Å². The van der Waals surface area contributed by atoms with Crippen LogP contribution in [0, 0.1) is 29.1 Å². The molecule has 2 spiro atoms. The van der Waals surface area contributed by atoms with Gasteiger partial charge in [-0.05, 0) is 145 Å². The number of hydrogen-bond donors (Lipinski definition) is 0. The Balaban J connectivity index is 1.07. The topological polar surface area (TPSA) is 12.5 Å². The van der Waals surface area contributed by atoms with Gasteiger partial charge in [0.1, 0.15) is 11.5 Å². The van der Waals surface area contributed by atoms with Crippen molar-refractivity contribution in [1.29, 1.82) is 0 Å². The molecule has 1 aliphatic heterocycles. The summed E-state index contributed by atoms with van der Waals surface area (Å²) >= 11 is 1.89. The monoisotopic (exact) mass is 697 g/mol. The first-order valence-electron chi connectivity index (χ1n) is 19.9. The Kier molecular flexibility index (Phi) is 5.79. The molecule has 6 aromatic rings. The summed E-state index contributed by atoms with van der Waals surface area (Å²) < 4.78 is 9.73. The molecule has 260 valence electrons. The van der Waals surface area contributed by atoms with E-state index in [1.807, 2.05) is 11.3 Å². The van der Waals surface area contributed by atoms with Crippen molar-refractivity contribution in [3.63, 3.8) is 0 Å². The van der Waals surface area contributed by atoms with Gasteiger partial charge in [0, 0.05) is 59.8 Å². The second kappa shape index (κ2) is 9.91. The molecule has 2 nitrogen and oxygen atoms in total. The molecule has 4 unspecified atom stereocenters. The van der Waals surface area contributed by atoms with Crippen LogP contribution in [-0.4, -0.2) is 0 Å². The van der Waals surface area contributed by atoms with E-state index in [0.29, 0.717) is 5.41 Å². The van der Waals surface area contributed by atoms with E-state index in [1.165, 1.54) is 104 Å². The largest absolute Gasteiger partial charge is 0.457 e. The third-order valence-corrected chi connectivity index (χ3v) is 16.7. The lowest BCUT2D eigenvalue weighted by molar-refractivity contribution is -0.0882. The molecule has 0 saturated heterocycles. The maximum atomic E-state index is 7.05. The van der Waals surface area contributed by atoms with Crippen molar-refractivity contribution in [3.8, 4) is 11.5 Å². The second-order valence-electron chi connectivity index (χ2n) is 18.9. The minimum Gasteiger partial charge on any atom is -0.457 e. The highest BCUT2D eigenvalue weighted by atomic mass is 32.1. The maximum Gasteiger partial charge on any atom is 0.133 e. The zero-order valence-electron chi connectivity index (χ0n) is 30.8. The Bertz CT molecular complexity index is 2480. The standard InChI is InChI=1S/C49H47NOS/c1-46(2)19-20-47(3,4)39-25-32(13-16-36(39)46)50(31-15-18-43-35(24-31)34-9-5-8-12-42(34)52-43)33-14-17-38-41(26-33)51-40-11-7-6-10-37(40)49(38)44-22-29-21-30-23-45(49)48(44,27-29)28-30/h5-18,24-26,29-30,44-45H,19-23,27-28H2,1-4H3. The third-order valence-electron chi connectivity index (χ3n) is 15.6. The first-order chi connectivity index (χ1) is 25.2. The van der Waals surface area contributed by atoms with E-state index < -0.39 is 0 Å². The molecule has 0 N–H and O–H groups in total. The highest BCUT2D eigenvalue weighted by Gasteiger charge is 2.79. The van der Waals surface area contributed by atoms with Crippen LogP contribution in [0.2, 0.25) is 0 Å². The van der Waals surface area contributed by atoms with Crippen LogP contribution in [0.4, 0.5) is 17.1 Å². The van der Waals surface area contributed by atoms with Crippen molar-refractivity contribution in [2.75, 3.05) is 4.90 Å². The summed E-state index contributed by atoms with van der Waals surface area (Å²) in [5.41, 5.74) is 10.4. The summed E-state index contributed by atoms with van der Waals surface area (Å²) in [6.45, 7) is 9.74. The van der Waals surface area contributed by atoms with Crippen molar-refractivity contribution in [3.05, 3.63) is 125 Å². The zero-order valence-corrected chi connectivity index (χ0v) is 31.7. The Morgan fingerprint density at radius 3 is 1.98 bits per heavy atom. The molecule has 4 atom stereocenters. The lowest BCUT2D eigenvalue weighted by Gasteiger charge is -2.66. The van der Waals surface area contributed by atoms with Gasteiger partial charge in [0.05, 0.1) is 0 Å². The van der Waals surface area contributed by atoms with Gasteiger partial charge in [-0.25, -0.2) is 0 Å². The van der Waals surface area contributed by atoms with Crippen LogP contribution in [0.3, 0.4) is 0 Å². The van der Waals surface area contributed by atoms with Gasteiger partial charge < -0.3 is 9.64 Å². The molecule has 52 heavy (non-hydrogen) atoms. The van der Waals surface area contributed by atoms with Crippen LogP contribution in [-0.2, 0) is 16.2 Å². The van der Waals surface area contributed by atoms with Gasteiger partial charge in [0.25, 0.3) is 0 Å². The molecular formula is C49H47NOS. The SMILES string of the molecule is CC1(C)CCC(C)(C)c2cc(N(c3ccc4c(c3)Oc3ccccc3C43C4CC5CC6CC3C4(C5)C6)c3ccc4sc5ccccc5c4c3)ccc21. The number of nitrogens with zero attached hydrogens (tertiary/aromatic N) is 1. The van der Waals surface area contributed by atoms with E-state index in [4.69, 9.17) is 4.74 Å². The predicted molar refractivity (Wildman–Crippen MR) is 216 cm³/mol. The van der Waals surface area contributed by atoms with Gasteiger partial charge in [0.15, 0.2) is 0 Å². The summed E-state index contributed by atoms with van der Waals surface area (Å²) in [5.74, 6) is 5.46. The molecule has 0 amide bonds. The Morgan fingerprint density at radius 1 is 0.558 bits per heavy atom. The molecule has 2 heterocycles. The summed E-state index contributed by atoms with van der Waals surface area (Å²) in [6, 6.07) is 39.8. The van der Waals surface area contributed by atoms with Gasteiger partial charge >= 0.3 is 0 Å².